The molecule has 0 unspecified atom stereocenters. The largest absolute Gasteiger partial charge is 0.496 e. The summed E-state index contributed by atoms with van der Waals surface area (Å²) in [5, 5.41) is 4.48. The molecule has 3 saturated carbocycles. The van der Waals surface area contributed by atoms with E-state index < -0.39 is 0 Å². The fourth-order valence-corrected chi connectivity index (χ4v) is 6.45. The summed E-state index contributed by atoms with van der Waals surface area (Å²) in [4.78, 5) is 5.44. The van der Waals surface area contributed by atoms with Crippen LogP contribution in [0, 0.1) is 12.3 Å². The number of hydrogen-bond donors (Lipinski definition) is 1. The number of fused-ring (bicyclic) bond motifs is 3. The Morgan fingerprint density at radius 2 is 1.75 bits per heavy atom. The van der Waals surface area contributed by atoms with Crippen LogP contribution in [0.25, 0.3) is 10.4 Å². The van der Waals surface area contributed by atoms with Gasteiger partial charge in [0.1, 0.15) is 5.75 Å². The summed E-state index contributed by atoms with van der Waals surface area (Å²) in [6.45, 7) is 3.22. The van der Waals surface area contributed by atoms with Crippen molar-refractivity contribution in [3.63, 3.8) is 0 Å². The van der Waals surface area contributed by atoms with Crippen LogP contribution in [0.15, 0.2) is 48.7 Å². The maximum absolute atomic E-state index is 5.48. The summed E-state index contributed by atoms with van der Waals surface area (Å²) in [5.41, 5.74) is 5.94. The lowest BCUT2D eigenvalue weighted by Crippen LogP contribution is -2.47. The van der Waals surface area contributed by atoms with Gasteiger partial charge in [-0.1, -0.05) is 35.6 Å². The van der Waals surface area contributed by atoms with Crippen LogP contribution >= 0.6 is 11.3 Å². The van der Waals surface area contributed by atoms with E-state index in [-0.39, 0.29) is 0 Å². The monoisotopic (exact) mass is 448 g/mol. The van der Waals surface area contributed by atoms with Gasteiger partial charge in [-0.3, -0.25) is 0 Å². The van der Waals surface area contributed by atoms with Crippen molar-refractivity contribution in [3.8, 4) is 21.4 Å². The highest BCUT2D eigenvalue weighted by atomic mass is 32.1. The molecular weight excluding hydrogens is 416 g/mol. The molecular formula is C27H32N2O2S. The Balaban J connectivity index is 1.25. The first-order chi connectivity index (χ1) is 15.5. The average Bonchev–Trinajstić information content (AvgIpc) is 3.34. The van der Waals surface area contributed by atoms with Crippen molar-refractivity contribution in [2.24, 2.45) is 5.41 Å². The summed E-state index contributed by atoms with van der Waals surface area (Å²) in [7, 11) is 3.42. The standard InChI is InChI=1S/C27H32N2O2S/c1-19-15-21(7-8-23(19)30-2)27-12-9-26(10-13-27,11-14-27)18-29-22-6-4-5-20(16-22)24-17-28-25(31-3)32-24/h4-8,15-17,29H,9-14,18H2,1-3H3. The molecule has 0 aliphatic heterocycles. The molecule has 4 nitrogen and oxygen atoms in total. The second-order valence-corrected chi connectivity index (χ2v) is 10.6. The van der Waals surface area contributed by atoms with Crippen molar-refractivity contribution >= 4 is 17.0 Å². The predicted octanol–water partition coefficient (Wildman–Crippen LogP) is 6.84. The van der Waals surface area contributed by atoms with Gasteiger partial charge in [0, 0.05) is 18.4 Å². The van der Waals surface area contributed by atoms with Gasteiger partial charge in [0.15, 0.2) is 0 Å². The van der Waals surface area contributed by atoms with Crippen molar-refractivity contribution in [2.45, 2.75) is 50.9 Å². The van der Waals surface area contributed by atoms with E-state index in [0.717, 1.165) is 17.2 Å². The lowest BCUT2D eigenvalue weighted by Gasteiger charge is -2.54. The number of methoxy groups -OCH3 is 2. The minimum Gasteiger partial charge on any atom is -0.496 e. The molecule has 1 heterocycles. The molecule has 3 fully saturated rings. The van der Waals surface area contributed by atoms with Gasteiger partial charge < -0.3 is 14.8 Å². The molecule has 0 radical (unpaired) electrons. The van der Waals surface area contributed by atoms with E-state index in [9.17, 15) is 0 Å². The van der Waals surface area contributed by atoms with E-state index in [1.807, 2.05) is 6.20 Å². The highest BCUT2D eigenvalue weighted by Gasteiger charge is 2.49. The average molecular weight is 449 g/mol. The van der Waals surface area contributed by atoms with Crippen LogP contribution in [-0.2, 0) is 5.41 Å². The normalized spacial score (nSPS) is 24.3. The molecule has 0 atom stereocenters. The second-order valence-electron chi connectivity index (χ2n) is 9.59. The number of rotatable bonds is 7. The third-order valence-corrected chi connectivity index (χ3v) is 8.89. The molecule has 3 aliphatic rings. The summed E-state index contributed by atoms with van der Waals surface area (Å²) < 4.78 is 10.7. The first-order valence-corrected chi connectivity index (χ1v) is 12.4. The van der Waals surface area contributed by atoms with Gasteiger partial charge >= 0.3 is 0 Å². The quantitative estimate of drug-likeness (QED) is 0.430. The van der Waals surface area contributed by atoms with E-state index in [2.05, 4.69) is 59.7 Å². The molecule has 168 valence electrons. The Morgan fingerprint density at radius 1 is 0.969 bits per heavy atom. The fraction of sp³-hybridized carbons (Fsp3) is 0.444. The maximum Gasteiger partial charge on any atom is 0.273 e. The lowest BCUT2D eigenvalue weighted by atomic mass is 9.52. The summed E-state index contributed by atoms with van der Waals surface area (Å²) in [6, 6.07) is 15.5. The minimum atomic E-state index is 0.365. The molecule has 3 aliphatic carbocycles. The van der Waals surface area contributed by atoms with Crippen LogP contribution in [-0.4, -0.2) is 25.7 Å². The number of benzene rings is 2. The number of ether oxygens (including phenoxy) is 2. The van der Waals surface area contributed by atoms with Gasteiger partial charge in [0.25, 0.3) is 5.19 Å². The molecule has 0 amide bonds. The predicted molar refractivity (Wildman–Crippen MR) is 132 cm³/mol. The van der Waals surface area contributed by atoms with Crippen LogP contribution in [0.1, 0.15) is 49.7 Å². The molecule has 32 heavy (non-hydrogen) atoms. The Bertz CT molecular complexity index is 1080. The number of aryl methyl sites for hydroxylation is 1. The molecule has 1 N–H and O–H groups in total. The summed E-state index contributed by atoms with van der Waals surface area (Å²) >= 11 is 1.58. The maximum atomic E-state index is 5.48. The Kier molecular flexibility index (Phi) is 5.62. The van der Waals surface area contributed by atoms with E-state index in [1.165, 1.54) is 60.9 Å². The number of nitrogens with one attached hydrogen (secondary N) is 1. The third-order valence-electron chi connectivity index (χ3n) is 7.88. The van der Waals surface area contributed by atoms with Gasteiger partial charge in [-0.25, -0.2) is 4.98 Å². The second kappa shape index (κ2) is 8.43. The van der Waals surface area contributed by atoms with Crippen molar-refractivity contribution in [3.05, 3.63) is 59.8 Å². The number of hydrogen-bond acceptors (Lipinski definition) is 5. The van der Waals surface area contributed by atoms with Crippen molar-refractivity contribution < 1.29 is 9.47 Å². The molecule has 3 aromatic rings. The van der Waals surface area contributed by atoms with Crippen LogP contribution in [0.5, 0.6) is 10.9 Å². The molecule has 2 bridgehead atoms. The van der Waals surface area contributed by atoms with Crippen LogP contribution in [0.4, 0.5) is 5.69 Å². The van der Waals surface area contributed by atoms with Gasteiger partial charge in [-0.15, -0.1) is 0 Å². The Morgan fingerprint density at radius 3 is 2.41 bits per heavy atom. The zero-order valence-electron chi connectivity index (χ0n) is 19.2. The Hall–Kier alpha value is -2.53. The number of anilines is 1. The topological polar surface area (TPSA) is 43.4 Å². The zero-order chi connectivity index (χ0) is 22.2. The van der Waals surface area contributed by atoms with Crippen molar-refractivity contribution in [2.75, 3.05) is 26.1 Å². The number of aromatic nitrogens is 1. The van der Waals surface area contributed by atoms with E-state index in [1.54, 1.807) is 25.6 Å². The number of nitrogens with zero attached hydrogens (tertiary/aromatic N) is 1. The van der Waals surface area contributed by atoms with E-state index in [4.69, 9.17) is 9.47 Å². The van der Waals surface area contributed by atoms with Crippen LogP contribution < -0.4 is 14.8 Å². The minimum absolute atomic E-state index is 0.365. The van der Waals surface area contributed by atoms with Gasteiger partial charge in [0.2, 0.25) is 0 Å². The first-order valence-electron chi connectivity index (χ1n) is 11.5. The van der Waals surface area contributed by atoms with E-state index >= 15 is 0 Å². The van der Waals surface area contributed by atoms with Crippen LogP contribution in [0.3, 0.4) is 0 Å². The molecule has 5 heteroatoms. The van der Waals surface area contributed by atoms with Crippen molar-refractivity contribution in [1.29, 1.82) is 0 Å². The first kappa shape index (κ1) is 21.3. The smallest absolute Gasteiger partial charge is 0.273 e. The molecule has 1 aromatic heterocycles. The highest BCUT2D eigenvalue weighted by Crippen LogP contribution is 2.58. The van der Waals surface area contributed by atoms with Gasteiger partial charge in [-0.2, -0.15) is 0 Å². The fourth-order valence-electron chi connectivity index (χ4n) is 5.73. The Labute approximate surface area is 195 Å². The number of thiazole rings is 1. The summed E-state index contributed by atoms with van der Waals surface area (Å²) in [6.07, 6.45) is 9.68. The van der Waals surface area contributed by atoms with E-state index in [0.29, 0.717) is 16.0 Å². The van der Waals surface area contributed by atoms with Gasteiger partial charge in [-0.05, 0) is 91.2 Å². The SMILES string of the molecule is COc1ncc(-c2cccc(NCC34CCC(c5ccc(OC)c(C)c5)(CC3)CC4)c2)s1. The third kappa shape index (κ3) is 3.88. The molecule has 0 saturated heterocycles. The molecule has 6 rings (SSSR count). The summed E-state index contributed by atoms with van der Waals surface area (Å²) in [5.74, 6) is 0.995. The van der Waals surface area contributed by atoms with Crippen molar-refractivity contribution in [1.82, 2.24) is 4.98 Å². The molecule has 2 aromatic carbocycles. The lowest BCUT2D eigenvalue weighted by molar-refractivity contribution is 0.0505. The van der Waals surface area contributed by atoms with Gasteiger partial charge in [0.05, 0.1) is 19.1 Å². The highest BCUT2D eigenvalue weighted by molar-refractivity contribution is 7.16. The molecule has 0 spiro atoms. The zero-order valence-corrected chi connectivity index (χ0v) is 20.1. The van der Waals surface area contributed by atoms with Crippen LogP contribution in [0.2, 0.25) is 0 Å².